The van der Waals surface area contributed by atoms with Crippen LogP contribution in [0.3, 0.4) is 0 Å². The van der Waals surface area contributed by atoms with Crippen LogP contribution in [0.25, 0.3) is 0 Å². The van der Waals surface area contributed by atoms with Gasteiger partial charge in [-0.1, -0.05) is 0 Å². The van der Waals surface area contributed by atoms with Crippen molar-refractivity contribution in [1.29, 1.82) is 0 Å². The normalized spacial score (nSPS) is 9.25. The van der Waals surface area contributed by atoms with Gasteiger partial charge in [-0.25, -0.2) is 0 Å². The summed E-state index contributed by atoms with van der Waals surface area (Å²) in [4.78, 5) is 26.8. The first kappa shape index (κ1) is 19.2. The molecule has 0 aliphatic carbocycles. The predicted octanol–water partition coefficient (Wildman–Crippen LogP) is -1.32. The first-order valence-corrected chi connectivity index (χ1v) is 4.45. The van der Waals surface area contributed by atoms with Crippen molar-refractivity contribution in [2.45, 2.75) is 6.92 Å². The Kier molecular flexibility index (Phi) is 14.7. The van der Waals surface area contributed by atoms with Crippen LogP contribution in [0.1, 0.15) is 8.35 Å². The Morgan fingerprint density at radius 3 is 2.17 bits per heavy atom. The molecule has 0 aromatic heterocycles. The van der Waals surface area contributed by atoms with Crippen LogP contribution < -0.4 is 0 Å². The summed E-state index contributed by atoms with van der Waals surface area (Å²) < 4.78 is 14.4. The van der Waals surface area contributed by atoms with Gasteiger partial charge in [-0.05, 0) is 6.92 Å². The fourth-order valence-electron chi connectivity index (χ4n) is 0.375. The van der Waals surface area contributed by atoms with Crippen molar-refractivity contribution in [3.63, 3.8) is 0 Å². The fourth-order valence-corrected chi connectivity index (χ4v) is 0.802. The zero-order valence-corrected chi connectivity index (χ0v) is 6.38. The molecule has 66 valence electrons. The molecule has 0 amide bonds. The van der Waals surface area contributed by atoms with Gasteiger partial charge in [0, 0.05) is 1.43 Å². The van der Waals surface area contributed by atoms with Crippen LogP contribution in [0.2, 0.25) is 0 Å². The molecule has 0 heterocycles. The van der Waals surface area contributed by atoms with E-state index in [9.17, 15) is 9.36 Å². The molecule has 0 aliphatic rings. The summed E-state index contributed by atoms with van der Waals surface area (Å²) in [6, 6.07) is 0. The van der Waals surface area contributed by atoms with E-state index in [2.05, 4.69) is 4.74 Å². The van der Waals surface area contributed by atoms with E-state index in [0.717, 1.165) is 0 Å². The molecule has 0 aromatic rings. The summed E-state index contributed by atoms with van der Waals surface area (Å²) in [6.45, 7) is 1.70. The number of hydrogen-bond acceptors (Lipinski definition) is 3. The van der Waals surface area contributed by atoms with Crippen molar-refractivity contribution >= 4 is 72.7 Å². The van der Waals surface area contributed by atoms with Crippen LogP contribution in [0, 0.1) is 0 Å². The quantitative estimate of drug-likeness (QED) is 0.348. The summed E-state index contributed by atoms with van der Waals surface area (Å²) in [5.74, 6) is -0.865. The van der Waals surface area contributed by atoms with Crippen molar-refractivity contribution in [3.8, 4) is 0 Å². The van der Waals surface area contributed by atoms with Crippen LogP contribution in [-0.4, -0.2) is 87.6 Å². The van der Waals surface area contributed by atoms with E-state index in [4.69, 9.17) is 9.79 Å². The van der Waals surface area contributed by atoms with Gasteiger partial charge in [-0.15, -0.1) is 0 Å². The van der Waals surface area contributed by atoms with Gasteiger partial charge in [0.15, 0.2) is 0 Å². The van der Waals surface area contributed by atoms with Crippen LogP contribution >= 0.6 is 7.60 Å². The Labute approximate surface area is 116 Å². The third-order valence-electron chi connectivity index (χ3n) is 0.640. The molecule has 0 atom stereocenters. The monoisotopic (exact) mass is 218 g/mol. The van der Waals surface area contributed by atoms with Crippen molar-refractivity contribution in [2.75, 3.05) is 12.8 Å². The molecular weight excluding hydrogens is 205 g/mol. The Balaban J connectivity index is -0.000000135. The number of carbonyl (C=O) groups excluding carboxylic acids is 1. The molecule has 5 nitrogen and oxygen atoms in total. The first-order valence-electron chi connectivity index (χ1n) is 2.66. The van der Waals surface area contributed by atoms with E-state index in [1.807, 2.05) is 0 Å². The Hall–Kier alpha value is 1.62. The second kappa shape index (κ2) is 9.19. The molecule has 0 unspecified atom stereocenters. The number of rotatable bonds is 3. The minimum absolute atomic E-state index is 0. The summed E-state index contributed by atoms with van der Waals surface area (Å²) in [7, 11) is -4.23. The standard InChI is InChI=1S/C4H9O5P.2Na.H2.2H/c1-2-9-4(5)3-10(6,7)8;;;;;/h2-3H2,1H3,(H2,6,7,8);;;1H;;. The Bertz CT molecular complexity index is 172. The molecule has 0 saturated heterocycles. The molecule has 0 saturated carbocycles. The molecule has 12 heavy (non-hydrogen) atoms. The van der Waals surface area contributed by atoms with Gasteiger partial charge in [0.2, 0.25) is 0 Å². The third-order valence-corrected chi connectivity index (χ3v) is 1.31. The van der Waals surface area contributed by atoms with Crippen molar-refractivity contribution in [3.05, 3.63) is 0 Å². The van der Waals surface area contributed by atoms with Crippen molar-refractivity contribution in [2.24, 2.45) is 0 Å². The summed E-state index contributed by atoms with van der Waals surface area (Å²) >= 11 is 0. The molecule has 2 N–H and O–H groups in total. The molecule has 0 aromatic carbocycles. The molecule has 0 fully saturated rings. The average molecular weight is 218 g/mol. The molecule has 0 bridgehead atoms. The number of carbonyl (C=O) groups is 1. The van der Waals surface area contributed by atoms with Gasteiger partial charge in [-0.2, -0.15) is 0 Å². The molecular formula is C4H13Na2O5P. The predicted molar refractivity (Wildman–Crippen MR) is 50.0 cm³/mol. The van der Waals surface area contributed by atoms with E-state index < -0.39 is 19.7 Å². The molecule has 8 heteroatoms. The fraction of sp³-hybridized carbons (Fsp3) is 0.750. The second-order valence-electron chi connectivity index (χ2n) is 1.63. The van der Waals surface area contributed by atoms with E-state index in [1.54, 1.807) is 6.92 Å². The van der Waals surface area contributed by atoms with E-state index in [-0.39, 0.29) is 67.1 Å². The van der Waals surface area contributed by atoms with Gasteiger partial charge < -0.3 is 14.5 Å². The second-order valence-corrected chi connectivity index (χ2v) is 3.27. The molecule has 0 radical (unpaired) electrons. The summed E-state index contributed by atoms with van der Waals surface area (Å²) in [6.07, 6.45) is -0.832. The third kappa shape index (κ3) is 14.2. The van der Waals surface area contributed by atoms with Gasteiger partial charge in [0.1, 0.15) is 6.16 Å². The Morgan fingerprint density at radius 2 is 1.92 bits per heavy atom. The number of hydrogen-bond donors (Lipinski definition) is 2. The van der Waals surface area contributed by atoms with Gasteiger partial charge in [-0.3, -0.25) is 9.36 Å². The van der Waals surface area contributed by atoms with Crippen LogP contribution in [-0.2, 0) is 14.1 Å². The molecule has 0 rings (SSSR count). The van der Waals surface area contributed by atoms with E-state index in [0.29, 0.717) is 0 Å². The van der Waals surface area contributed by atoms with Gasteiger partial charge in [0.05, 0.1) is 6.61 Å². The summed E-state index contributed by atoms with van der Waals surface area (Å²) in [5.41, 5.74) is 0. The summed E-state index contributed by atoms with van der Waals surface area (Å²) in [5, 5.41) is 0. The van der Waals surface area contributed by atoms with Crippen molar-refractivity contribution < 1.29 is 25.3 Å². The number of esters is 1. The van der Waals surface area contributed by atoms with Crippen LogP contribution in [0.15, 0.2) is 0 Å². The maximum absolute atomic E-state index is 10.3. The molecule has 0 spiro atoms. The average Bonchev–Trinajstić information content (AvgIpc) is 1.59. The SMILES string of the molecule is CCOC(=O)CP(=O)(O)O.[HH].[NaH].[NaH]. The van der Waals surface area contributed by atoms with E-state index in [1.165, 1.54) is 0 Å². The topological polar surface area (TPSA) is 83.8 Å². The van der Waals surface area contributed by atoms with Gasteiger partial charge in [0.25, 0.3) is 0 Å². The van der Waals surface area contributed by atoms with Crippen LogP contribution in [0.5, 0.6) is 0 Å². The number of ether oxygens (including phenoxy) is 1. The molecule has 0 aliphatic heterocycles. The Morgan fingerprint density at radius 1 is 1.50 bits per heavy atom. The van der Waals surface area contributed by atoms with E-state index >= 15 is 0 Å². The van der Waals surface area contributed by atoms with Gasteiger partial charge >= 0.3 is 72.7 Å². The maximum atomic E-state index is 10.3. The zero-order chi connectivity index (χ0) is 8.20. The zero-order valence-electron chi connectivity index (χ0n) is 5.48. The van der Waals surface area contributed by atoms with Crippen LogP contribution in [0.4, 0.5) is 0 Å². The first-order chi connectivity index (χ1) is 4.45. The minimum atomic E-state index is -4.23. The van der Waals surface area contributed by atoms with Crippen molar-refractivity contribution in [1.82, 2.24) is 0 Å².